The summed E-state index contributed by atoms with van der Waals surface area (Å²) < 4.78 is 11.6. The number of guanidine groups is 1. The Labute approximate surface area is 151 Å². The highest BCUT2D eigenvalue weighted by Gasteiger charge is 2.42. The highest BCUT2D eigenvalue weighted by atomic mass is 16.5. The molecule has 0 aromatic heterocycles. The summed E-state index contributed by atoms with van der Waals surface area (Å²) in [6, 6.07) is 6.24. The first-order chi connectivity index (χ1) is 12.1. The van der Waals surface area contributed by atoms with Crippen molar-refractivity contribution < 1.29 is 9.47 Å². The topological polar surface area (TPSA) is 46.1 Å². The number of aryl methyl sites for hydroxylation is 2. The lowest BCUT2D eigenvalue weighted by molar-refractivity contribution is 0.156. The summed E-state index contributed by atoms with van der Waals surface area (Å²) in [6.45, 7) is 12.4. The van der Waals surface area contributed by atoms with E-state index < -0.39 is 0 Å². The number of nitrogens with zero attached hydrogens (tertiary/aromatic N) is 2. The van der Waals surface area contributed by atoms with Crippen LogP contribution in [0.25, 0.3) is 0 Å². The SMILES string of the molecule is CCNC(=NCCOc1c(C)cccc1C)N1CCC2(CCOC2)C1. The Morgan fingerprint density at radius 3 is 2.80 bits per heavy atom. The van der Waals surface area contributed by atoms with Crippen LogP contribution >= 0.6 is 0 Å². The number of para-hydroxylation sites is 1. The van der Waals surface area contributed by atoms with Crippen molar-refractivity contribution >= 4 is 5.96 Å². The molecular weight excluding hydrogens is 314 g/mol. The third-order valence-corrected chi connectivity index (χ3v) is 5.27. The van der Waals surface area contributed by atoms with Crippen LogP contribution in [-0.4, -0.2) is 56.9 Å². The summed E-state index contributed by atoms with van der Waals surface area (Å²) in [5, 5.41) is 3.43. The quantitative estimate of drug-likeness (QED) is 0.506. The number of rotatable bonds is 5. The van der Waals surface area contributed by atoms with Gasteiger partial charge in [0.2, 0.25) is 0 Å². The molecule has 5 heteroatoms. The van der Waals surface area contributed by atoms with E-state index >= 15 is 0 Å². The Morgan fingerprint density at radius 2 is 2.12 bits per heavy atom. The van der Waals surface area contributed by atoms with Crippen LogP contribution < -0.4 is 10.1 Å². The molecule has 2 aliphatic heterocycles. The van der Waals surface area contributed by atoms with E-state index in [2.05, 4.69) is 49.2 Å². The van der Waals surface area contributed by atoms with Gasteiger partial charge in [-0.05, 0) is 44.7 Å². The number of hydrogen-bond donors (Lipinski definition) is 1. The van der Waals surface area contributed by atoms with Gasteiger partial charge in [0, 0.05) is 31.7 Å². The van der Waals surface area contributed by atoms with Crippen molar-refractivity contribution in [1.82, 2.24) is 10.2 Å². The molecule has 1 N–H and O–H groups in total. The highest BCUT2D eigenvalue weighted by Crippen LogP contribution is 2.38. The smallest absolute Gasteiger partial charge is 0.194 e. The number of ether oxygens (including phenoxy) is 2. The molecule has 0 saturated carbocycles. The van der Waals surface area contributed by atoms with Gasteiger partial charge in [0.15, 0.2) is 5.96 Å². The van der Waals surface area contributed by atoms with Gasteiger partial charge in [-0.2, -0.15) is 0 Å². The Balaban J connectivity index is 1.56. The Hall–Kier alpha value is -1.75. The van der Waals surface area contributed by atoms with E-state index in [0.29, 0.717) is 18.6 Å². The molecule has 3 rings (SSSR count). The van der Waals surface area contributed by atoms with Gasteiger partial charge >= 0.3 is 0 Å². The molecule has 0 amide bonds. The summed E-state index contributed by atoms with van der Waals surface area (Å²) in [5.41, 5.74) is 2.71. The van der Waals surface area contributed by atoms with Crippen LogP contribution in [0.2, 0.25) is 0 Å². The predicted molar refractivity (Wildman–Crippen MR) is 101 cm³/mol. The van der Waals surface area contributed by atoms with Crippen molar-refractivity contribution in [2.24, 2.45) is 10.4 Å². The summed E-state index contributed by atoms with van der Waals surface area (Å²) in [4.78, 5) is 7.18. The van der Waals surface area contributed by atoms with E-state index in [9.17, 15) is 0 Å². The van der Waals surface area contributed by atoms with Gasteiger partial charge in [0.25, 0.3) is 0 Å². The molecule has 138 valence electrons. The maximum Gasteiger partial charge on any atom is 0.194 e. The zero-order chi connectivity index (χ0) is 17.7. The third kappa shape index (κ3) is 4.27. The highest BCUT2D eigenvalue weighted by molar-refractivity contribution is 5.80. The van der Waals surface area contributed by atoms with Gasteiger partial charge in [0.05, 0.1) is 13.2 Å². The summed E-state index contributed by atoms with van der Waals surface area (Å²) in [5.74, 6) is 2.00. The largest absolute Gasteiger partial charge is 0.491 e. The van der Waals surface area contributed by atoms with Crippen molar-refractivity contribution in [2.45, 2.75) is 33.6 Å². The molecule has 0 radical (unpaired) electrons. The molecule has 25 heavy (non-hydrogen) atoms. The summed E-state index contributed by atoms with van der Waals surface area (Å²) in [6.07, 6.45) is 2.38. The van der Waals surface area contributed by atoms with E-state index in [4.69, 9.17) is 14.5 Å². The van der Waals surface area contributed by atoms with E-state index in [0.717, 1.165) is 44.6 Å². The Kier molecular flexibility index (Phi) is 5.84. The summed E-state index contributed by atoms with van der Waals surface area (Å²) >= 11 is 0. The fraction of sp³-hybridized carbons (Fsp3) is 0.650. The maximum absolute atomic E-state index is 5.98. The number of benzene rings is 1. The Morgan fingerprint density at radius 1 is 1.32 bits per heavy atom. The summed E-state index contributed by atoms with van der Waals surface area (Å²) in [7, 11) is 0. The van der Waals surface area contributed by atoms with E-state index in [1.54, 1.807) is 0 Å². The van der Waals surface area contributed by atoms with E-state index in [-0.39, 0.29) is 0 Å². The van der Waals surface area contributed by atoms with Crippen molar-refractivity contribution in [3.8, 4) is 5.75 Å². The van der Waals surface area contributed by atoms with Crippen molar-refractivity contribution in [3.63, 3.8) is 0 Å². The van der Waals surface area contributed by atoms with Gasteiger partial charge in [-0.25, -0.2) is 4.99 Å². The lowest BCUT2D eigenvalue weighted by Crippen LogP contribution is -2.41. The molecule has 2 fully saturated rings. The minimum Gasteiger partial charge on any atom is -0.491 e. The van der Waals surface area contributed by atoms with Crippen LogP contribution in [0.15, 0.2) is 23.2 Å². The molecule has 1 aromatic rings. The lowest BCUT2D eigenvalue weighted by atomic mass is 9.87. The first-order valence-electron chi connectivity index (χ1n) is 9.43. The molecule has 1 spiro atoms. The standard InChI is InChI=1S/C20H31N3O2/c1-4-21-19(23-11-8-20(14-23)9-12-24-15-20)22-10-13-25-18-16(2)6-5-7-17(18)3/h5-7H,4,8-15H2,1-3H3,(H,21,22). The minimum absolute atomic E-state index is 0.352. The third-order valence-electron chi connectivity index (χ3n) is 5.27. The number of hydrogen-bond acceptors (Lipinski definition) is 3. The van der Waals surface area contributed by atoms with Crippen molar-refractivity contribution in [3.05, 3.63) is 29.3 Å². The first kappa shape index (κ1) is 18.1. The average molecular weight is 345 g/mol. The van der Waals surface area contributed by atoms with Crippen LogP contribution in [0.1, 0.15) is 30.9 Å². The molecule has 1 atom stereocenters. The molecule has 1 unspecified atom stereocenters. The van der Waals surface area contributed by atoms with Gasteiger partial charge in [-0.3, -0.25) is 0 Å². The lowest BCUT2D eigenvalue weighted by Gasteiger charge is -2.25. The molecule has 0 aliphatic carbocycles. The number of aliphatic imine (C=N–C) groups is 1. The van der Waals surface area contributed by atoms with E-state index in [1.165, 1.54) is 24.0 Å². The molecule has 5 nitrogen and oxygen atoms in total. The zero-order valence-electron chi connectivity index (χ0n) is 15.8. The predicted octanol–water partition coefficient (Wildman–Crippen LogP) is 2.76. The molecule has 2 aliphatic rings. The zero-order valence-corrected chi connectivity index (χ0v) is 15.8. The average Bonchev–Trinajstić information content (AvgIpc) is 3.23. The molecule has 0 bridgehead atoms. The second-order valence-corrected chi connectivity index (χ2v) is 7.28. The normalized spacial score (nSPS) is 23.5. The Bertz CT molecular complexity index is 589. The fourth-order valence-corrected chi connectivity index (χ4v) is 3.84. The van der Waals surface area contributed by atoms with Crippen LogP contribution in [0.3, 0.4) is 0 Å². The van der Waals surface area contributed by atoms with Gasteiger partial charge in [-0.15, -0.1) is 0 Å². The van der Waals surface area contributed by atoms with Gasteiger partial charge < -0.3 is 19.7 Å². The van der Waals surface area contributed by atoms with Gasteiger partial charge in [-0.1, -0.05) is 18.2 Å². The first-order valence-corrected chi connectivity index (χ1v) is 9.43. The number of nitrogens with one attached hydrogen (secondary N) is 1. The number of likely N-dealkylation sites (tertiary alicyclic amines) is 1. The minimum atomic E-state index is 0.352. The van der Waals surface area contributed by atoms with Gasteiger partial charge in [0.1, 0.15) is 12.4 Å². The van der Waals surface area contributed by atoms with E-state index in [1.807, 2.05) is 0 Å². The van der Waals surface area contributed by atoms with Crippen LogP contribution in [0.5, 0.6) is 5.75 Å². The molecule has 2 heterocycles. The molecule has 2 saturated heterocycles. The van der Waals surface area contributed by atoms with Crippen LogP contribution in [0, 0.1) is 19.3 Å². The fourth-order valence-electron chi connectivity index (χ4n) is 3.84. The van der Waals surface area contributed by atoms with Crippen LogP contribution in [0.4, 0.5) is 0 Å². The molecule has 1 aromatic carbocycles. The van der Waals surface area contributed by atoms with Crippen molar-refractivity contribution in [1.29, 1.82) is 0 Å². The monoisotopic (exact) mass is 345 g/mol. The van der Waals surface area contributed by atoms with Crippen molar-refractivity contribution in [2.75, 3.05) is 46.0 Å². The maximum atomic E-state index is 5.98. The second-order valence-electron chi connectivity index (χ2n) is 7.28. The molecular formula is C20H31N3O2. The second kappa shape index (κ2) is 8.09. The van der Waals surface area contributed by atoms with Crippen LogP contribution in [-0.2, 0) is 4.74 Å².